The second-order valence-electron chi connectivity index (χ2n) is 21.2. The maximum Gasteiger partial charge on any atom is 0.311 e. The summed E-state index contributed by atoms with van der Waals surface area (Å²) in [6.45, 7) is 11.7. The highest BCUT2D eigenvalue weighted by atomic mass is 16.8. The molecule has 15 heteroatoms. The van der Waals surface area contributed by atoms with Crippen LogP contribution in [0.4, 0.5) is 0 Å². The van der Waals surface area contributed by atoms with Crippen molar-refractivity contribution in [3.63, 3.8) is 0 Å². The Bertz CT molecular complexity index is 1770. The van der Waals surface area contributed by atoms with Crippen LogP contribution >= 0.6 is 0 Å². The lowest BCUT2D eigenvalue weighted by Gasteiger charge is -2.47. The van der Waals surface area contributed by atoms with E-state index in [9.17, 15) is 30.0 Å². The van der Waals surface area contributed by atoms with Gasteiger partial charge in [0.2, 0.25) is 5.79 Å². The van der Waals surface area contributed by atoms with Gasteiger partial charge >= 0.3 is 5.97 Å². The van der Waals surface area contributed by atoms with Crippen molar-refractivity contribution in [1.82, 2.24) is 0 Å². The predicted molar refractivity (Wildman–Crippen MR) is 219 cm³/mol. The van der Waals surface area contributed by atoms with Crippen LogP contribution in [0.2, 0.25) is 0 Å². The number of aliphatic hydroxyl groups is 4. The van der Waals surface area contributed by atoms with Crippen LogP contribution in [0.3, 0.4) is 0 Å². The van der Waals surface area contributed by atoms with Crippen molar-refractivity contribution in [3.05, 3.63) is 23.8 Å². The Balaban J connectivity index is 1.01. The van der Waals surface area contributed by atoms with Crippen LogP contribution in [0.5, 0.6) is 0 Å². The standard InChI is InChI=1S/C47H70O15/c1-26-9-10-32-34(21-37(55-32)47(53)39(50)28(3)13-19-54-47)56-41(52)29(4)31-8-7-14-45(57-31)16-11-33(58-45)40(51)43(6)23-30(49)38(61-43)35-24-44(25-48)17-18-46(59-35,62-44)36-12-15-42(5,60-36)22-27(2)20-26/h9-10,20,27-29,31-40,48,50-51,53H,7-8,11-19,21-25H2,1-6H3/b10-9?,26-20-/t27-,28+,29+,31-,32+,33-,34+,35+,36+,37-,38-,39+,40+,42+,43+,44-,45-,46-,47+/m1/s1. The molecule has 348 valence electrons. The number of fused-ring (bicyclic) bond motifs is 10. The van der Waals surface area contributed by atoms with Crippen LogP contribution in [0.1, 0.15) is 131 Å². The van der Waals surface area contributed by atoms with Gasteiger partial charge in [-0.25, -0.2) is 0 Å². The summed E-state index contributed by atoms with van der Waals surface area (Å²) in [4.78, 5) is 28.0. The third-order valence-corrected chi connectivity index (χ3v) is 16.0. The maximum absolute atomic E-state index is 14.1. The van der Waals surface area contributed by atoms with E-state index in [-0.39, 0.29) is 50.1 Å². The summed E-state index contributed by atoms with van der Waals surface area (Å²) >= 11 is 0. The fraction of sp³-hybridized carbons (Fsp3) is 0.872. The minimum absolute atomic E-state index is 0.0379. The molecule has 2 spiro atoms. The largest absolute Gasteiger partial charge is 0.459 e. The number of esters is 1. The van der Waals surface area contributed by atoms with E-state index in [1.165, 1.54) is 0 Å². The molecule has 8 fully saturated rings. The Morgan fingerprint density at radius 3 is 2.39 bits per heavy atom. The SMILES string of the molecule is C/C1=C/[C@@H](C)C[C@]2(C)CC[C@H](O2)[C@]23CC[C@](CO)(C[C@H](O2)[C@@H]2O[C@@](C)(CC2=O)[C@@H](O)[C@H]2CC[C@@]4(CCC[C@@H](O4)[C@H](C)C(=O)O[C@H]4C[C@H]([C@]5(O)OCC[C@H](C)[C@@H]5O)O[C@H]4C=C1)O2)O3. The first-order chi connectivity index (χ1) is 29.3. The molecule has 9 rings (SSSR count). The Morgan fingerprint density at radius 1 is 0.806 bits per heavy atom. The molecule has 0 saturated carbocycles. The summed E-state index contributed by atoms with van der Waals surface area (Å²) in [6, 6.07) is 0. The average Bonchev–Trinajstić information content (AvgIpc) is 4.06. The van der Waals surface area contributed by atoms with Crippen molar-refractivity contribution in [2.24, 2.45) is 17.8 Å². The molecule has 0 amide bonds. The zero-order valence-electron chi connectivity index (χ0n) is 37.3. The fourth-order valence-corrected chi connectivity index (χ4v) is 12.5. The fourth-order valence-electron chi connectivity index (χ4n) is 12.5. The number of ether oxygens (including phenoxy) is 9. The number of carbonyl (C=O) groups excluding carboxylic acids is 2. The summed E-state index contributed by atoms with van der Waals surface area (Å²) in [5, 5.41) is 45.5. The van der Waals surface area contributed by atoms with Gasteiger partial charge in [-0.3, -0.25) is 9.59 Å². The van der Waals surface area contributed by atoms with E-state index in [1.54, 1.807) is 13.8 Å². The van der Waals surface area contributed by atoms with Crippen molar-refractivity contribution in [2.75, 3.05) is 13.2 Å². The summed E-state index contributed by atoms with van der Waals surface area (Å²) in [6.07, 6.45) is 4.76. The van der Waals surface area contributed by atoms with Crippen LogP contribution in [0.25, 0.3) is 0 Å². The minimum Gasteiger partial charge on any atom is -0.459 e. The molecule has 9 aliphatic rings. The molecule has 9 aliphatic heterocycles. The van der Waals surface area contributed by atoms with Crippen molar-refractivity contribution in [2.45, 2.75) is 227 Å². The molecule has 62 heavy (non-hydrogen) atoms. The van der Waals surface area contributed by atoms with E-state index >= 15 is 0 Å². The number of carbonyl (C=O) groups is 2. The highest BCUT2D eigenvalue weighted by Crippen LogP contribution is 2.55. The van der Waals surface area contributed by atoms with Gasteiger partial charge in [-0.05, 0) is 90.9 Å². The molecule has 0 aromatic carbocycles. The van der Waals surface area contributed by atoms with Crippen molar-refractivity contribution in [3.8, 4) is 0 Å². The number of hydrogen-bond donors (Lipinski definition) is 4. The molecule has 0 radical (unpaired) electrons. The first-order valence-corrected chi connectivity index (χ1v) is 23.5. The van der Waals surface area contributed by atoms with Gasteiger partial charge in [0.25, 0.3) is 0 Å². The van der Waals surface area contributed by atoms with E-state index in [1.807, 2.05) is 26.0 Å². The van der Waals surface area contributed by atoms with E-state index in [4.69, 9.17) is 42.6 Å². The number of ketones is 1. The zero-order chi connectivity index (χ0) is 44.0. The third kappa shape index (κ3) is 8.09. The van der Waals surface area contributed by atoms with E-state index in [0.29, 0.717) is 57.8 Å². The topological polar surface area (TPSA) is 198 Å². The third-order valence-electron chi connectivity index (χ3n) is 16.0. The summed E-state index contributed by atoms with van der Waals surface area (Å²) in [7, 11) is 0. The molecular formula is C47H70O15. The monoisotopic (exact) mass is 874 g/mol. The van der Waals surface area contributed by atoms with Gasteiger partial charge in [-0.15, -0.1) is 0 Å². The molecule has 0 aromatic rings. The first kappa shape index (κ1) is 45.3. The van der Waals surface area contributed by atoms with Crippen molar-refractivity contribution >= 4 is 11.8 Å². The molecule has 10 bridgehead atoms. The summed E-state index contributed by atoms with van der Waals surface area (Å²) < 4.78 is 58.8. The van der Waals surface area contributed by atoms with Gasteiger partial charge < -0.3 is 63.1 Å². The lowest BCUT2D eigenvalue weighted by molar-refractivity contribution is -0.365. The second-order valence-corrected chi connectivity index (χ2v) is 21.2. The lowest BCUT2D eigenvalue weighted by Crippen LogP contribution is -2.59. The van der Waals surface area contributed by atoms with Crippen LogP contribution < -0.4 is 0 Å². The molecule has 0 unspecified atom stereocenters. The minimum atomic E-state index is -1.97. The van der Waals surface area contributed by atoms with Crippen LogP contribution in [-0.4, -0.2) is 141 Å². The maximum atomic E-state index is 14.1. The van der Waals surface area contributed by atoms with E-state index in [0.717, 1.165) is 18.4 Å². The number of rotatable bonds is 2. The van der Waals surface area contributed by atoms with Crippen LogP contribution in [-0.2, 0) is 52.2 Å². The quantitative estimate of drug-likeness (QED) is 0.288. The van der Waals surface area contributed by atoms with E-state index < -0.39 is 107 Å². The normalized spacial score (nSPS) is 54.5. The van der Waals surface area contributed by atoms with Gasteiger partial charge in [0.05, 0.1) is 48.6 Å². The first-order valence-electron chi connectivity index (χ1n) is 23.5. The molecule has 9 heterocycles. The van der Waals surface area contributed by atoms with Gasteiger partial charge in [-0.1, -0.05) is 37.6 Å². The Morgan fingerprint density at radius 2 is 1.60 bits per heavy atom. The highest BCUT2D eigenvalue weighted by Gasteiger charge is 2.66. The average molecular weight is 875 g/mol. The molecule has 8 saturated heterocycles. The zero-order valence-corrected chi connectivity index (χ0v) is 37.3. The second kappa shape index (κ2) is 16.5. The molecule has 15 nitrogen and oxygen atoms in total. The molecule has 0 aliphatic carbocycles. The van der Waals surface area contributed by atoms with Crippen molar-refractivity contribution < 1.29 is 72.6 Å². The Labute approximate surface area is 365 Å². The van der Waals surface area contributed by atoms with Crippen LogP contribution in [0.15, 0.2) is 23.8 Å². The van der Waals surface area contributed by atoms with E-state index in [2.05, 4.69) is 19.9 Å². The Kier molecular flexibility index (Phi) is 12.0. The summed E-state index contributed by atoms with van der Waals surface area (Å²) in [5.41, 5.74) is -1.73. The van der Waals surface area contributed by atoms with Gasteiger partial charge in [0.1, 0.15) is 48.3 Å². The number of aliphatic hydroxyl groups excluding tert-OH is 3. The number of hydrogen-bond acceptors (Lipinski definition) is 15. The van der Waals surface area contributed by atoms with Gasteiger partial charge in [-0.2, -0.15) is 0 Å². The predicted octanol–water partition coefficient (Wildman–Crippen LogP) is 4.23. The van der Waals surface area contributed by atoms with Crippen LogP contribution in [0, 0.1) is 17.8 Å². The van der Waals surface area contributed by atoms with Gasteiger partial charge in [0, 0.05) is 38.5 Å². The number of allylic oxidation sites excluding steroid dienone is 3. The molecule has 4 N–H and O–H groups in total. The molecule has 19 atom stereocenters. The van der Waals surface area contributed by atoms with Crippen molar-refractivity contribution in [1.29, 1.82) is 0 Å². The molecular weight excluding hydrogens is 805 g/mol. The number of Topliss-reactive ketones (excluding diaryl/α,β-unsaturated/α-hetero) is 1. The lowest BCUT2D eigenvalue weighted by atomic mass is 9.87. The van der Waals surface area contributed by atoms with Gasteiger partial charge in [0.15, 0.2) is 17.4 Å². The summed E-state index contributed by atoms with van der Waals surface area (Å²) in [5.74, 6) is -5.63. The Hall–Kier alpha value is -1.86. The molecule has 0 aromatic heterocycles. The smallest absolute Gasteiger partial charge is 0.311 e. The highest BCUT2D eigenvalue weighted by molar-refractivity contribution is 5.86.